The first-order chi connectivity index (χ1) is 10.0. The number of carbonyl (C=O) groups is 1. The number of nitrogens with one attached hydrogen (secondary N) is 1. The average molecular weight is 293 g/mol. The van der Waals surface area contributed by atoms with Crippen molar-refractivity contribution in [1.29, 1.82) is 0 Å². The molecule has 0 aliphatic rings. The van der Waals surface area contributed by atoms with E-state index in [4.69, 9.17) is 9.63 Å². The number of benzene rings is 1. The van der Waals surface area contributed by atoms with Crippen molar-refractivity contribution < 1.29 is 18.8 Å². The predicted octanol–water partition coefficient (Wildman–Crippen LogP) is 1.31. The number of nitrogens with zero attached hydrogens (tertiary/aromatic N) is 2. The van der Waals surface area contributed by atoms with Gasteiger partial charge in [-0.2, -0.15) is 4.98 Å². The molecule has 0 fully saturated rings. The molecule has 1 amide bonds. The summed E-state index contributed by atoms with van der Waals surface area (Å²) < 4.78 is 17.9. The summed E-state index contributed by atoms with van der Waals surface area (Å²) in [4.78, 5) is 15.6. The van der Waals surface area contributed by atoms with Crippen LogP contribution in [0.1, 0.15) is 19.2 Å². The molecule has 0 saturated carbocycles. The van der Waals surface area contributed by atoms with Crippen molar-refractivity contribution >= 4 is 5.91 Å². The summed E-state index contributed by atoms with van der Waals surface area (Å²) in [7, 11) is 0. The van der Waals surface area contributed by atoms with Gasteiger partial charge in [-0.05, 0) is 31.2 Å². The smallest absolute Gasteiger partial charge is 0.227 e. The number of hydrogen-bond acceptors (Lipinski definition) is 5. The Kier molecular flexibility index (Phi) is 4.99. The molecule has 0 radical (unpaired) electrons. The molecule has 1 unspecified atom stereocenters. The van der Waals surface area contributed by atoms with Crippen LogP contribution >= 0.6 is 0 Å². The van der Waals surface area contributed by atoms with Gasteiger partial charge in [0, 0.05) is 24.9 Å². The Labute approximate surface area is 121 Å². The van der Waals surface area contributed by atoms with Crippen LogP contribution in [0.3, 0.4) is 0 Å². The van der Waals surface area contributed by atoms with Gasteiger partial charge in [0.1, 0.15) is 5.82 Å². The minimum Gasteiger partial charge on any atom is -0.392 e. The first kappa shape index (κ1) is 15.1. The second-order valence-electron chi connectivity index (χ2n) is 4.67. The molecule has 0 saturated heterocycles. The Morgan fingerprint density at radius 2 is 2.14 bits per heavy atom. The number of halogens is 1. The fourth-order valence-corrected chi connectivity index (χ4v) is 1.64. The molecule has 6 nitrogen and oxygen atoms in total. The number of amides is 1. The molecule has 0 aliphatic heterocycles. The van der Waals surface area contributed by atoms with Crippen molar-refractivity contribution in [2.45, 2.75) is 25.9 Å². The minimum absolute atomic E-state index is 0.192. The summed E-state index contributed by atoms with van der Waals surface area (Å²) in [5, 5.41) is 15.4. The SMILES string of the molecule is CC(O)CNC(=O)CCc1nc(-c2ccc(F)cc2)no1. The van der Waals surface area contributed by atoms with E-state index in [1.165, 1.54) is 12.1 Å². The van der Waals surface area contributed by atoms with Gasteiger partial charge in [-0.15, -0.1) is 0 Å². The highest BCUT2D eigenvalue weighted by Crippen LogP contribution is 2.16. The summed E-state index contributed by atoms with van der Waals surface area (Å²) >= 11 is 0. The number of aryl methyl sites for hydroxylation is 1. The van der Waals surface area contributed by atoms with Crippen LogP contribution in [-0.2, 0) is 11.2 Å². The Morgan fingerprint density at radius 1 is 1.43 bits per heavy atom. The van der Waals surface area contributed by atoms with Gasteiger partial charge in [-0.1, -0.05) is 5.16 Å². The molecule has 7 heteroatoms. The maximum absolute atomic E-state index is 12.8. The molecule has 0 bridgehead atoms. The normalized spacial score (nSPS) is 12.1. The van der Waals surface area contributed by atoms with Crippen LogP contribution < -0.4 is 5.32 Å². The molecular formula is C14H16FN3O3. The van der Waals surface area contributed by atoms with E-state index in [-0.39, 0.29) is 24.7 Å². The summed E-state index contributed by atoms with van der Waals surface area (Å²) in [6.45, 7) is 1.80. The first-order valence-corrected chi connectivity index (χ1v) is 6.58. The molecule has 2 N–H and O–H groups in total. The van der Waals surface area contributed by atoms with Gasteiger partial charge in [-0.25, -0.2) is 4.39 Å². The molecular weight excluding hydrogens is 277 g/mol. The van der Waals surface area contributed by atoms with Crippen LogP contribution in [0, 0.1) is 5.82 Å². The zero-order valence-corrected chi connectivity index (χ0v) is 11.5. The van der Waals surface area contributed by atoms with Crippen molar-refractivity contribution in [2.24, 2.45) is 0 Å². The summed E-state index contributed by atoms with van der Waals surface area (Å²) in [6.07, 6.45) is -0.0835. The Hall–Kier alpha value is -2.28. The third-order valence-electron chi connectivity index (χ3n) is 2.73. The Balaban J connectivity index is 1.88. The van der Waals surface area contributed by atoms with E-state index in [9.17, 15) is 9.18 Å². The molecule has 2 aromatic rings. The largest absolute Gasteiger partial charge is 0.392 e. The number of hydrogen-bond donors (Lipinski definition) is 2. The van der Waals surface area contributed by atoms with Gasteiger partial charge in [0.2, 0.25) is 17.6 Å². The van der Waals surface area contributed by atoms with Gasteiger partial charge in [0.15, 0.2) is 0 Å². The van der Waals surface area contributed by atoms with Crippen molar-refractivity contribution in [3.8, 4) is 11.4 Å². The number of carbonyl (C=O) groups excluding carboxylic acids is 1. The van der Waals surface area contributed by atoms with Gasteiger partial charge >= 0.3 is 0 Å². The third-order valence-corrected chi connectivity index (χ3v) is 2.73. The Morgan fingerprint density at radius 3 is 2.81 bits per heavy atom. The van der Waals surface area contributed by atoms with E-state index in [1.54, 1.807) is 19.1 Å². The lowest BCUT2D eigenvalue weighted by Gasteiger charge is -2.05. The summed E-state index contributed by atoms with van der Waals surface area (Å²) in [5.41, 5.74) is 0.643. The zero-order chi connectivity index (χ0) is 15.2. The van der Waals surface area contributed by atoms with E-state index < -0.39 is 6.10 Å². The van der Waals surface area contributed by atoms with Crippen LogP contribution in [0.2, 0.25) is 0 Å². The number of aliphatic hydroxyl groups is 1. The Bertz CT molecular complexity index is 596. The fourth-order valence-electron chi connectivity index (χ4n) is 1.64. The molecule has 0 spiro atoms. The van der Waals surface area contributed by atoms with Gasteiger partial charge < -0.3 is 14.9 Å². The van der Waals surface area contributed by atoms with E-state index in [0.29, 0.717) is 23.7 Å². The molecule has 1 atom stereocenters. The quantitative estimate of drug-likeness (QED) is 0.838. The molecule has 1 aromatic heterocycles. The number of rotatable bonds is 6. The molecule has 1 aromatic carbocycles. The highest BCUT2D eigenvalue weighted by atomic mass is 19.1. The molecule has 112 valence electrons. The standard InChI is InChI=1S/C14H16FN3O3/c1-9(19)8-16-12(20)6-7-13-17-14(18-21-13)10-2-4-11(15)5-3-10/h2-5,9,19H,6-8H2,1H3,(H,16,20). The zero-order valence-electron chi connectivity index (χ0n) is 11.5. The van der Waals surface area contributed by atoms with Crippen LogP contribution in [0.4, 0.5) is 4.39 Å². The highest BCUT2D eigenvalue weighted by molar-refractivity contribution is 5.76. The van der Waals surface area contributed by atoms with Gasteiger partial charge in [-0.3, -0.25) is 4.79 Å². The van der Waals surface area contributed by atoms with E-state index in [2.05, 4.69) is 15.5 Å². The lowest BCUT2D eigenvalue weighted by atomic mass is 10.2. The lowest BCUT2D eigenvalue weighted by Crippen LogP contribution is -2.30. The third kappa shape index (κ3) is 4.64. The van der Waals surface area contributed by atoms with E-state index in [1.807, 2.05) is 0 Å². The topological polar surface area (TPSA) is 88.2 Å². The van der Waals surface area contributed by atoms with Crippen LogP contribution in [0.15, 0.2) is 28.8 Å². The maximum Gasteiger partial charge on any atom is 0.227 e. The molecule has 2 rings (SSSR count). The second-order valence-corrected chi connectivity index (χ2v) is 4.67. The maximum atomic E-state index is 12.8. The summed E-state index contributed by atoms with van der Waals surface area (Å²) in [6, 6.07) is 5.74. The van der Waals surface area contributed by atoms with E-state index in [0.717, 1.165) is 0 Å². The van der Waals surface area contributed by atoms with E-state index >= 15 is 0 Å². The van der Waals surface area contributed by atoms with Crippen molar-refractivity contribution in [3.63, 3.8) is 0 Å². The number of aliphatic hydroxyl groups excluding tert-OH is 1. The van der Waals surface area contributed by atoms with Gasteiger partial charge in [0.05, 0.1) is 6.10 Å². The van der Waals surface area contributed by atoms with Crippen molar-refractivity contribution in [1.82, 2.24) is 15.5 Å². The number of aromatic nitrogens is 2. The van der Waals surface area contributed by atoms with Crippen LogP contribution in [0.25, 0.3) is 11.4 Å². The van der Waals surface area contributed by atoms with Crippen LogP contribution in [0.5, 0.6) is 0 Å². The fraction of sp³-hybridized carbons (Fsp3) is 0.357. The predicted molar refractivity (Wildman–Crippen MR) is 72.7 cm³/mol. The molecule has 1 heterocycles. The average Bonchev–Trinajstić information content (AvgIpc) is 2.92. The molecule has 21 heavy (non-hydrogen) atoms. The summed E-state index contributed by atoms with van der Waals surface area (Å²) in [5.74, 6) is 0.158. The van der Waals surface area contributed by atoms with Gasteiger partial charge in [0.25, 0.3) is 0 Å². The highest BCUT2D eigenvalue weighted by Gasteiger charge is 2.11. The monoisotopic (exact) mass is 293 g/mol. The van der Waals surface area contributed by atoms with Crippen LogP contribution in [-0.4, -0.2) is 33.8 Å². The lowest BCUT2D eigenvalue weighted by molar-refractivity contribution is -0.121. The van der Waals surface area contributed by atoms with Crippen molar-refractivity contribution in [3.05, 3.63) is 36.0 Å². The first-order valence-electron chi connectivity index (χ1n) is 6.58. The van der Waals surface area contributed by atoms with Crippen molar-refractivity contribution in [2.75, 3.05) is 6.54 Å². The molecule has 0 aliphatic carbocycles. The second kappa shape index (κ2) is 6.94. The minimum atomic E-state index is -0.581.